The zero-order chi connectivity index (χ0) is 21.8. The molecule has 162 valence electrons. The number of carbonyl (C=O) groups is 2. The molecular formula is C21H24N6O4. The van der Waals surface area contributed by atoms with E-state index in [4.69, 9.17) is 0 Å². The van der Waals surface area contributed by atoms with Gasteiger partial charge in [-0.1, -0.05) is 43.2 Å². The molecule has 1 aliphatic rings. The van der Waals surface area contributed by atoms with Crippen LogP contribution in [0.15, 0.2) is 42.6 Å². The fraction of sp³-hybridized carbons (Fsp3) is 0.333. The lowest BCUT2D eigenvalue weighted by atomic mass is 9.87. The maximum atomic E-state index is 12.7. The summed E-state index contributed by atoms with van der Waals surface area (Å²) >= 11 is 0. The average molecular weight is 424 g/mol. The molecule has 3 aromatic rings. The van der Waals surface area contributed by atoms with Crippen molar-refractivity contribution in [1.82, 2.24) is 20.5 Å². The minimum Gasteiger partial charge on any atom is -0.453 e. The number of hydrogen-bond donors (Lipinski definition) is 5. The molecule has 0 bridgehead atoms. The molecule has 10 heteroatoms. The number of hydrogen-bond acceptors (Lipinski definition) is 6. The zero-order valence-corrected chi connectivity index (χ0v) is 17.0. The van der Waals surface area contributed by atoms with Crippen LogP contribution in [-0.2, 0) is 4.74 Å². The first-order valence-corrected chi connectivity index (χ1v) is 10.0. The van der Waals surface area contributed by atoms with E-state index in [1.165, 1.54) is 13.3 Å². The number of fused-ring (bicyclic) bond motifs is 1. The van der Waals surface area contributed by atoms with Gasteiger partial charge < -0.3 is 15.2 Å². The molecule has 1 aliphatic carbocycles. The van der Waals surface area contributed by atoms with Crippen LogP contribution in [0.5, 0.6) is 0 Å². The summed E-state index contributed by atoms with van der Waals surface area (Å²) in [5, 5.41) is 26.6. The van der Waals surface area contributed by atoms with Gasteiger partial charge in [-0.2, -0.15) is 5.10 Å². The number of methoxy groups -OCH3 is 1. The molecule has 1 aromatic carbocycles. The molecule has 1 saturated carbocycles. The highest BCUT2D eigenvalue weighted by atomic mass is 16.5. The Bertz CT molecular complexity index is 1080. The summed E-state index contributed by atoms with van der Waals surface area (Å²) in [6.07, 6.45) is 3.93. The van der Waals surface area contributed by atoms with E-state index in [2.05, 4.69) is 35.9 Å². The molecule has 0 unspecified atom stereocenters. The molecule has 0 spiro atoms. The first-order valence-electron chi connectivity index (χ1n) is 10.0. The van der Waals surface area contributed by atoms with Crippen LogP contribution in [0.4, 0.5) is 21.2 Å². The number of pyridine rings is 1. The first-order chi connectivity index (χ1) is 15.0. The Morgan fingerprint density at radius 3 is 2.65 bits per heavy atom. The lowest BCUT2D eigenvalue weighted by Crippen LogP contribution is -2.45. The monoisotopic (exact) mass is 424 g/mol. The van der Waals surface area contributed by atoms with Crippen LogP contribution in [0.3, 0.4) is 0 Å². The number of aromatic amines is 1. The second-order valence-electron chi connectivity index (χ2n) is 7.56. The highest BCUT2D eigenvalue weighted by Gasteiger charge is 2.41. The number of nitrogens with one attached hydrogen (secondary N) is 4. The van der Waals surface area contributed by atoms with Gasteiger partial charge in [0.15, 0.2) is 5.82 Å². The van der Waals surface area contributed by atoms with Gasteiger partial charge in [0.1, 0.15) is 5.82 Å². The van der Waals surface area contributed by atoms with Crippen molar-refractivity contribution in [3.63, 3.8) is 0 Å². The van der Waals surface area contributed by atoms with Crippen molar-refractivity contribution in [2.45, 2.75) is 37.3 Å². The third-order valence-corrected chi connectivity index (χ3v) is 5.51. The van der Waals surface area contributed by atoms with Crippen molar-refractivity contribution >= 4 is 34.7 Å². The Labute approximate surface area is 178 Å². The Balaban J connectivity index is 1.50. The second-order valence-corrected chi connectivity index (χ2v) is 7.56. The number of H-pyrrole nitrogens is 1. The lowest BCUT2D eigenvalue weighted by Gasteiger charge is -2.33. The Kier molecular flexibility index (Phi) is 5.72. The average Bonchev–Trinajstić information content (AvgIpc) is 3.39. The van der Waals surface area contributed by atoms with Gasteiger partial charge in [0, 0.05) is 12.3 Å². The molecule has 0 aliphatic heterocycles. The quantitative estimate of drug-likeness (QED) is 0.425. The van der Waals surface area contributed by atoms with Crippen molar-refractivity contribution in [1.29, 1.82) is 0 Å². The molecule has 31 heavy (non-hydrogen) atoms. The fourth-order valence-electron chi connectivity index (χ4n) is 3.96. The van der Waals surface area contributed by atoms with E-state index >= 15 is 0 Å². The number of carbonyl (C=O) groups excluding carboxylic acids is 2. The summed E-state index contributed by atoms with van der Waals surface area (Å²) in [6, 6.07) is 10.0. The smallest absolute Gasteiger partial charge is 0.412 e. The maximum absolute atomic E-state index is 12.7. The van der Waals surface area contributed by atoms with E-state index in [1.54, 1.807) is 6.07 Å². The largest absolute Gasteiger partial charge is 0.453 e. The van der Waals surface area contributed by atoms with Gasteiger partial charge in [-0.25, -0.2) is 14.6 Å². The first kappa shape index (κ1) is 20.6. The van der Waals surface area contributed by atoms with Crippen LogP contribution in [-0.4, -0.2) is 45.1 Å². The molecular weight excluding hydrogens is 400 g/mol. The molecule has 2 heterocycles. The van der Waals surface area contributed by atoms with Crippen molar-refractivity contribution in [3.8, 4) is 0 Å². The topological polar surface area (TPSA) is 141 Å². The zero-order valence-electron chi connectivity index (χ0n) is 17.0. The van der Waals surface area contributed by atoms with Gasteiger partial charge in [-0.05, 0) is 18.4 Å². The Hall–Kier alpha value is -3.66. The molecule has 3 amide bonds. The second kappa shape index (κ2) is 8.60. The van der Waals surface area contributed by atoms with Crippen molar-refractivity contribution in [2.24, 2.45) is 0 Å². The molecule has 0 radical (unpaired) electrons. The molecule has 5 N–H and O–H groups in total. The lowest BCUT2D eigenvalue weighted by molar-refractivity contribution is 0.0113. The summed E-state index contributed by atoms with van der Waals surface area (Å²) in [7, 11) is 1.26. The molecule has 0 saturated heterocycles. The van der Waals surface area contributed by atoms with E-state index in [9.17, 15) is 14.7 Å². The summed E-state index contributed by atoms with van der Waals surface area (Å²) < 4.78 is 4.56. The number of nitrogens with zero attached hydrogens (tertiary/aromatic N) is 2. The SMILES string of the molecule is COC(=O)Nc1n[nH]c2cc(NC(=O)N[C@@H](c3ccccc3)C3(O)CCCC3)ncc12. The fourth-order valence-corrected chi connectivity index (χ4v) is 3.96. The van der Waals surface area contributed by atoms with Gasteiger partial charge in [-0.15, -0.1) is 0 Å². The standard InChI is InChI=1S/C21H24N6O4/c1-31-20(29)25-18-14-12-22-16(11-15(14)26-27-18)23-19(28)24-17(13-7-3-2-4-8-13)21(30)9-5-6-10-21/h2-4,7-8,11-12,17,30H,5-6,9-10H2,1H3,(H2,22,23,24,28)(H2,25,26,27,29)/t17-/m0/s1. The van der Waals surface area contributed by atoms with E-state index < -0.39 is 23.8 Å². The van der Waals surface area contributed by atoms with Crippen LogP contribution < -0.4 is 16.0 Å². The van der Waals surface area contributed by atoms with Crippen molar-refractivity contribution in [2.75, 3.05) is 17.7 Å². The number of aliphatic hydroxyl groups is 1. The Morgan fingerprint density at radius 2 is 1.94 bits per heavy atom. The van der Waals surface area contributed by atoms with E-state index in [0.717, 1.165) is 18.4 Å². The van der Waals surface area contributed by atoms with Crippen molar-refractivity contribution in [3.05, 3.63) is 48.2 Å². The van der Waals surface area contributed by atoms with Gasteiger partial charge >= 0.3 is 12.1 Å². The van der Waals surface area contributed by atoms with Crippen LogP contribution in [0.1, 0.15) is 37.3 Å². The maximum Gasteiger partial charge on any atom is 0.412 e. The molecule has 1 fully saturated rings. The van der Waals surface area contributed by atoms with E-state index in [1.807, 2.05) is 30.3 Å². The Morgan fingerprint density at radius 1 is 1.19 bits per heavy atom. The summed E-state index contributed by atoms with van der Waals surface area (Å²) in [4.78, 5) is 28.4. The minimum atomic E-state index is -0.992. The molecule has 10 nitrogen and oxygen atoms in total. The van der Waals surface area contributed by atoms with Gasteiger partial charge in [0.2, 0.25) is 0 Å². The predicted octanol–water partition coefficient (Wildman–Crippen LogP) is 3.30. The number of benzene rings is 1. The van der Waals surface area contributed by atoms with Crippen molar-refractivity contribution < 1.29 is 19.4 Å². The third-order valence-electron chi connectivity index (χ3n) is 5.51. The molecule has 1 atom stereocenters. The van der Waals surface area contributed by atoms with Crippen LogP contribution >= 0.6 is 0 Å². The summed E-state index contributed by atoms with van der Waals surface area (Å²) in [5.41, 5.74) is 0.428. The number of rotatable bonds is 5. The normalized spacial score (nSPS) is 15.9. The van der Waals surface area contributed by atoms with Crippen LogP contribution in [0.25, 0.3) is 10.9 Å². The third kappa shape index (κ3) is 4.43. The number of amides is 3. The minimum absolute atomic E-state index is 0.276. The van der Waals surface area contributed by atoms with Gasteiger partial charge in [-0.3, -0.25) is 15.7 Å². The number of aromatic nitrogens is 3. The number of anilines is 2. The number of urea groups is 1. The summed E-state index contributed by atoms with van der Waals surface area (Å²) in [6.45, 7) is 0. The highest BCUT2D eigenvalue weighted by Crippen LogP contribution is 2.39. The molecule has 2 aromatic heterocycles. The van der Waals surface area contributed by atoms with E-state index in [0.29, 0.717) is 29.6 Å². The van der Waals surface area contributed by atoms with Crippen LogP contribution in [0.2, 0.25) is 0 Å². The predicted molar refractivity (Wildman–Crippen MR) is 115 cm³/mol. The van der Waals surface area contributed by atoms with Gasteiger partial charge in [0.25, 0.3) is 0 Å². The summed E-state index contributed by atoms with van der Waals surface area (Å²) in [5.74, 6) is 0.571. The van der Waals surface area contributed by atoms with E-state index in [-0.39, 0.29) is 5.82 Å². The molecule has 4 rings (SSSR count). The van der Waals surface area contributed by atoms with Gasteiger partial charge in [0.05, 0.1) is 29.7 Å². The van der Waals surface area contributed by atoms with Crippen LogP contribution in [0, 0.1) is 0 Å². The number of ether oxygens (including phenoxy) is 1. The highest BCUT2D eigenvalue weighted by molar-refractivity contribution is 5.98.